The molecular formula is C25H35N7O7. The lowest BCUT2D eigenvalue weighted by Gasteiger charge is -2.28. The Balaban J connectivity index is 2.19. The molecule has 1 heterocycles. The SMILES string of the molecule is CCC(C)C(NC(=O)C(Cc1cnc[nH]1)NC(=O)C(N)Cc1ccc(O)cc1)C(=O)NC(CC(N)=O)C(=O)O. The maximum absolute atomic E-state index is 13.4. The molecule has 5 unspecified atom stereocenters. The van der Waals surface area contributed by atoms with Crippen molar-refractivity contribution in [3.05, 3.63) is 48.0 Å². The van der Waals surface area contributed by atoms with Gasteiger partial charge in [0.25, 0.3) is 0 Å². The van der Waals surface area contributed by atoms with Gasteiger partial charge in [0.1, 0.15) is 23.9 Å². The van der Waals surface area contributed by atoms with Gasteiger partial charge in [-0.3, -0.25) is 19.2 Å². The lowest BCUT2D eigenvalue weighted by atomic mass is 9.97. The van der Waals surface area contributed by atoms with E-state index in [1.165, 1.54) is 24.7 Å². The number of aliphatic carboxylic acids is 1. The highest BCUT2D eigenvalue weighted by Gasteiger charge is 2.33. The highest BCUT2D eigenvalue weighted by Crippen LogP contribution is 2.12. The number of aromatic amines is 1. The number of carbonyl (C=O) groups excluding carboxylic acids is 4. The number of imidazole rings is 1. The summed E-state index contributed by atoms with van der Waals surface area (Å²) in [5.74, 6) is -4.89. The number of primary amides is 1. The van der Waals surface area contributed by atoms with E-state index in [4.69, 9.17) is 11.5 Å². The number of nitrogens with two attached hydrogens (primary N) is 2. The van der Waals surface area contributed by atoms with Gasteiger partial charge in [-0.25, -0.2) is 9.78 Å². The Morgan fingerprint density at radius 2 is 1.62 bits per heavy atom. The maximum atomic E-state index is 13.4. The quantitative estimate of drug-likeness (QED) is 0.132. The molecule has 39 heavy (non-hydrogen) atoms. The van der Waals surface area contributed by atoms with Gasteiger partial charge in [-0.1, -0.05) is 32.4 Å². The number of amides is 4. The predicted molar refractivity (Wildman–Crippen MR) is 139 cm³/mol. The van der Waals surface area contributed by atoms with Crippen LogP contribution in [0.5, 0.6) is 5.75 Å². The molecular weight excluding hydrogens is 510 g/mol. The number of hydrogen-bond acceptors (Lipinski definition) is 8. The Kier molecular flexibility index (Phi) is 11.4. The van der Waals surface area contributed by atoms with Crippen molar-refractivity contribution in [3.8, 4) is 5.75 Å². The molecule has 0 saturated carbocycles. The summed E-state index contributed by atoms with van der Waals surface area (Å²) in [5.41, 5.74) is 12.4. The number of nitrogens with zero attached hydrogens (tertiary/aromatic N) is 1. The van der Waals surface area contributed by atoms with E-state index < -0.39 is 66.1 Å². The number of phenols is 1. The van der Waals surface area contributed by atoms with Gasteiger partial charge < -0.3 is 42.6 Å². The van der Waals surface area contributed by atoms with Crippen LogP contribution >= 0.6 is 0 Å². The van der Waals surface area contributed by atoms with Crippen LogP contribution in [0.2, 0.25) is 0 Å². The molecule has 14 heteroatoms. The van der Waals surface area contributed by atoms with E-state index in [0.717, 1.165) is 0 Å². The Morgan fingerprint density at radius 1 is 0.974 bits per heavy atom. The number of carboxylic acids is 1. The van der Waals surface area contributed by atoms with Gasteiger partial charge in [-0.2, -0.15) is 0 Å². The normalized spacial score (nSPS) is 14.7. The molecule has 0 radical (unpaired) electrons. The van der Waals surface area contributed by atoms with Crippen LogP contribution in [-0.4, -0.2) is 73.9 Å². The summed E-state index contributed by atoms with van der Waals surface area (Å²) in [6.07, 6.45) is 2.84. The number of benzene rings is 1. The average molecular weight is 546 g/mol. The van der Waals surface area contributed by atoms with E-state index >= 15 is 0 Å². The number of carbonyl (C=O) groups is 5. The van der Waals surface area contributed by atoms with E-state index in [0.29, 0.717) is 17.7 Å². The van der Waals surface area contributed by atoms with Gasteiger partial charge in [0.05, 0.1) is 18.8 Å². The Morgan fingerprint density at radius 3 is 2.15 bits per heavy atom. The van der Waals surface area contributed by atoms with E-state index in [2.05, 4.69) is 25.9 Å². The Bertz CT molecular complexity index is 1140. The highest BCUT2D eigenvalue weighted by atomic mass is 16.4. The largest absolute Gasteiger partial charge is 0.508 e. The van der Waals surface area contributed by atoms with Crippen LogP contribution in [0.25, 0.3) is 0 Å². The molecule has 0 aliphatic carbocycles. The summed E-state index contributed by atoms with van der Waals surface area (Å²) >= 11 is 0. The lowest BCUT2D eigenvalue weighted by molar-refractivity contribution is -0.144. The number of aromatic hydroxyl groups is 1. The average Bonchev–Trinajstić information content (AvgIpc) is 3.39. The van der Waals surface area contributed by atoms with E-state index in [1.807, 2.05) is 0 Å². The third kappa shape index (κ3) is 9.74. The summed E-state index contributed by atoms with van der Waals surface area (Å²) < 4.78 is 0. The molecule has 2 rings (SSSR count). The molecule has 0 fully saturated rings. The van der Waals surface area contributed by atoms with Crippen LogP contribution in [0.1, 0.15) is 37.9 Å². The van der Waals surface area contributed by atoms with Gasteiger partial charge in [-0.15, -0.1) is 0 Å². The lowest BCUT2D eigenvalue weighted by Crippen LogP contribution is -2.59. The fraction of sp³-hybridized carbons (Fsp3) is 0.440. The summed E-state index contributed by atoms with van der Waals surface area (Å²) in [5, 5.41) is 26.2. The minimum absolute atomic E-state index is 0.00221. The number of nitrogens with one attached hydrogen (secondary N) is 4. The molecule has 0 bridgehead atoms. The minimum Gasteiger partial charge on any atom is -0.508 e. The number of phenolic OH excluding ortho intramolecular Hbond substituents is 1. The topological polar surface area (TPSA) is 243 Å². The van der Waals surface area contributed by atoms with Crippen LogP contribution in [0, 0.1) is 5.92 Å². The minimum atomic E-state index is -1.57. The third-order valence-electron chi connectivity index (χ3n) is 6.15. The van der Waals surface area contributed by atoms with E-state index in [9.17, 15) is 34.2 Å². The van der Waals surface area contributed by atoms with Gasteiger partial charge in [0, 0.05) is 18.3 Å². The maximum Gasteiger partial charge on any atom is 0.326 e. The van der Waals surface area contributed by atoms with Crippen molar-refractivity contribution < 1.29 is 34.2 Å². The molecule has 5 atom stereocenters. The smallest absolute Gasteiger partial charge is 0.326 e. The van der Waals surface area contributed by atoms with Crippen LogP contribution < -0.4 is 27.4 Å². The second-order valence-electron chi connectivity index (χ2n) is 9.26. The summed E-state index contributed by atoms with van der Waals surface area (Å²) in [6.45, 7) is 3.46. The standard InChI is InChI=1S/C25H35N7O7/c1-3-13(2)21(24(37)31-19(25(38)39)10-20(27)34)32-23(36)18(9-15-11-28-12-29-15)30-22(35)17(26)8-14-4-6-16(33)7-5-14/h4-7,11-13,17-19,21,33H,3,8-10,26H2,1-2H3,(H2,27,34)(H,28,29)(H,30,35)(H,31,37)(H,32,36)(H,38,39). The molecule has 0 spiro atoms. The van der Waals surface area contributed by atoms with Crippen molar-refractivity contribution in [2.24, 2.45) is 17.4 Å². The molecule has 0 aliphatic rings. The van der Waals surface area contributed by atoms with Crippen molar-refractivity contribution in [2.45, 2.75) is 63.7 Å². The highest BCUT2D eigenvalue weighted by molar-refractivity contribution is 5.95. The molecule has 14 nitrogen and oxygen atoms in total. The first-order valence-corrected chi connectivity index (χ1v) is 12.3. The molecule has 2 aromatic rings. The second-order valence-corrected chi connectivity index (χ2v) is 9.26. The molecule has 212 valence electrons. The van der Waals surface area contributed by atoms with E-state index in [-0.39, 0.29) is 18.6 Å². The van der Waals surface area contributed by atoms with Gasteiger partial charge in [0.2, 0.25) is 23.6 Å². The number of H-pyrrole nitrogens is 1. The molecule has 1 aromatic carbocycles. The van der Waals surface area contributed by atoms with Gasteiger partial charge >= 0.3 is 5.97 Å². The summed E-state index contributed by atoms with van der Waals surface area (Å²) in [7, 11) is 0. The predicted octanol–water partition coefficient (Wildman–Crippen LogP) is -1.31. The first kappa shape index (κ1) is 30.8. The van der Waals surface area contributed by atoms with Crippen LogP contribution in [0.3, 0.4) is 0 Å². The van der Waals surface area contributed by atoms with Crippen molar-refractivity contribution >= 4 is 29.6 Å². The van der Waals surface area contributed by atoms with Crippen molar-refractivity contribution in [3.63, 3.8) is 0 Å². The van der Waals surface area contributed by atoms with Gasteiger partial charge in [0.15, 0.2) is 0 Å². The second kappa shape index (κ2) is 14.5. The molecule has 0 saturated heterocycles. The summed E-state index contributed by atoms with van der Waals surface area (Å²) in [6, 6.07) is 1.24. The first-order valence-electron chi connectivity index (χ1n) is 12.3. The zero-order valence-electron chi connectivity index (χ0n) is 21.7. The van der Waals surface area contributed by atoms with Crippen LogP contribution in [0.4, 0.5) is 0 Å². The first-order chi connectivity index (χ1) is 18.4. The van der Waals surface area contributed by atoms with Crippen molar-refractivity contribution in [2.75, 3.05) is 0 Å². The Labute approximate surface area is 224 Å². The van der Waals surface area contributed by atoms with E-state index in [1.54, 1.807) is 26.0 Å². The molecule has 0 aliphatic heterocycles. The molecule has 4 amide bonds. The van der Waals surface area contributed by atoms with Gasteiger partial charge in [-0.05, 0) is 30.0 Å². The Hall–Kier alpha value is -4.46. The summed E-state index contributed by atoms with van der Waals surface area (Å²) in [4.78, 5) is 68.7. The zero-order chi connectivity index (χ0) is 29.1. The molecule has 10 N–H and O–H groups in total. The van der Waals surface area contributed by atoms with Crippen LogP contribution in [0.15, 0.2) is 36.8 Å². The van der Waals surface area contributed by atoms with Crippen molar-refractivity contribution in [1.82, 2.24) is 25.9 Å². The number of rotatable bonds is 15. The third-order valence-corrected chi connectivity index (χ3v) is 6.15. The fourth-order valence-corrected chi connectivity index (χ4v) is 3.70. The fourth-order valence-electron chi connectivity index (χ4n) is 3.70. The number of hydrogen-bond donors (Lipinski definition) is 8. The molecule has 1 aromatic heterocycles. The van der Waals surface area contributed by atoms with Crippen molar-refractivity contribution in [1.29, 1.82) is 0 Å². The monoisotopic (exact) mass is 545 g/mol. The number of aromatic nitrogens is 2. The number of carboxylic acid groups (broad SMARTS) is 1. The van der Waals surface area contributed by atoms with Crippen LogP contribution in [-0.2, 0) is 36.8 Å². The zero-order valence-corrected chi connectivity index (χ0v) is 21.7.